The van der Waals surface area contributed by atoms with E-state index in [-0.39, 0.29) is 25.6 Å². The topological polar surface area (TPSA) is 113 Å². The number of aliphatic hydroxyl groups is 3. The smallest absolute Gasteiger partial charge is 0.305 e. The molecule has 0 aromatic carbocycles. The molecule has 0 aliphatic carbocycles. The highest BCUT2D eigenvalue weighted by atomic mass is 16.6. The minimum absolute atomic E-state index is 0.176. The lowest BCUT2D eigenvalue weighted by Gasteiger charge is -2.12. The highest BCUT2D eigenvalue weighted by Crippen LogP contribution is 2.14. The molecule has 0 saturated carbocycles. The van der Waals surface area contributed by atoms with Crippen LogP contribution in [0.5, 0.6) is 0 Å². The number of unbranched alkanes of at least 4 members (excludes halogenated alkanes) is 15. The molecular formula is C43H72O7. The second kappa shape index (κ2) is 37.5. The van der Waals surface area contributed by atoms with Crippen LogP contribution >= 0.6 is 0 Å². The van der Waals surface area contributed by atoms with Gasteiger partial charge in [0.15, 0.2) is 0 Å². The summed E-state index contributed by atoms with van der Waals surface area (Å²) in [6.07, 6.45) is 43.2. The van der Waals surface area contributed by atoms with Crippen molar-refractivity contribution in [1.82, 2.24) is 0 Å². The van der Waals surface area contributed by atoms with Crippen molar-refractivity contribution in [1.29, 1.82) is 0 Å². The molecule has 0 aromatic heterocycles. The molecule has 0 aromatic rings. The van der Waals surface area contributed by atoms with Crippen molar-refractivity contribution < 1.29 is 34.4 Å². The van der Waals surface area contributed by atoms with Gasteiger partial charge in [-0.3, -0.25) is 9.59 Å². The monoisotopic (exact) mass is 701 g/mol. The number of hydrogen-bond donors (Lipinski definition) is 3. The van der Waals surface area contributed by atoms with E-state index in [0.29, 0.717) is 25.7 Å². The number of carbonyl (C=O) groups is 2. The van der Waals surface area contributed by atoms with E-state index in [1.54, 1.807) is 24.3 Å². The van der Waals surface area contributed by atoms with Gasteiger partial charge in [0.2, 0.25) is 0 Å². The molecule has 286 valence electrons. The van der Waals surface area contributed by atoms with Gasteiger partial charge in [0.05, 0.1) is 12.2 Å². The van der Waals surface area contributed by atoms with Crippen LogP contribution in [-0.4, -0.2) is 58.8 Å². The fraction of sp³-hybridized carbons (Fsp3) is 0.674. The van der Waals surface area contributed by atoms with Gasteiger partial charge in [-0.05, 0) is 38.5 Å². The highest BCUT2D eigenvalue weighted by Gasteiger charge is 2.12. The normalized spacial score (nSPS) is 14.3. The van der Waals surface area contributed by atoms with Gasteiger partial charge in [0, 0.05) is 12.8 Å². The van der Waals surface area contributed by atoms with Gasteiger partial charge in [0.25, 0.3) is 0 Å². The van der Waals surface area contributed by atoms with Gasteiger partial charge in [-0.25, -0.2) is 0 Å². The summed E-state index contributed by atoms with van der Waals surface area (Å²) in [4.78, 5) is 23.9. The zero-order chi connectivity index (χ0) is 36.8. The molecule has 3 atom stereocenters. The minimum Gasteiger partial charge on any atom is -0.463 e. The van der Waals surface area contributed by atoms with Crippen molar-refractivity contribution in [3.63, 3.8) is 0 Å². The summed E-state index contributed by atoms with van der Waals surface area (Å²) in [6, 6.07) is 0. The summed E-state index contributed by atoms with van der Waals surface area (Å²) in [5.74, 6) is -0.744. The van der Waals surface area contributed by atoms with Crippen molar-refractivity contribution in [2.24, 2.45) is 0 Å². The minimum atomic E-state index is -1.04. The van der Waals surface area contributed by atoms with Crippen LogP contribution < -0.4 is 0 Å². The molecule has 0 saturated heterocycles. The van der Waals surface area contributed by atoms with Crippen LogP contribution in [0.4, 0.5) is 0 Å². The largest absolute Gasteiger partial charge is 0.463 e. The number of esters is 2. The second-order valence-electron chi connectivity index (χ2n) is 13.1. The fourth-order valence-electron chi connectivity index (χ4n) is 5.12. The summed E-state index contributed by atoms with van der Waals surface area (Å²) in [6.45, 7) is 3.94. The van der Waals surface area contributed by atoms with E-state index in [9.17, 15) is 24.9 Å². The molecular weight excluding hydrogens is 628 g/mol. The molecule has 0 aliphatic rings. The Morgan fingerprint density at radius 1 is 0.540 bits per heavy atom. The van der Waals surface area contributed by atoms with E-state index in [4.69, 9.17) is 9.47 Å². The lowest BCUT2D eigenvalue weighted by atomic mass is 10.0. The summed E-state index contributed by atoms with van der Waals surface area (Å²) in [7, 11) is 0. The van der Waals surface area contributed by atoms with Gasteiger partial charge in [-0.2, -0.15) is 0 Å². The van der Waals surface area contributed by atoms with Crippen LogP contribution in [-0.2, 0) is 19.1 Å². The quantitative estimate of drug-likeness (QED) is 0.0265. The van der Waals surface area contributed by atoms with Crippen LogP contribution in [0.1, 0.15) is 155 Å². The van der Waals surface area contributed by atoms with Crippen molar-refractivity contribution >= 4 is 11.9 Å². The average molecular weight is 701 g/mol. The van der Waals surface area contributed by atoms with E-state index < -0.39 is 24.3 Å². The predicted octanol–water partition coefficient (Wildman–Crippen LogP) is 10.1. The maximum Gasteiger partial charge on any atom is 0.305 e. The third-order valence-corrected chi connectivity index (χ3v) is 8.13. The summed E-state index contributed by atoms with van der Waals surface area (Å²) >= 11 is 0. The van der Waals surface area contributed by atoms with Crippen LogP contribution in [0.15, 0.2) is 72.9 Å². The van der Waals surface area contributed by atoms with E-state index in [1.165, 1.54) is 77.0 Å². The first kappa shape index (κ1) is 47.3. The highest BCUT2D eigenvalue weighted by molar-refractivity contribution is 5.69. The maximum atomic E-state index is 12.0. The van der Waals surface area contributed by atoms with E-state index in [1.807, 2.05) is 48.6 Å². The number of allylic oxidation sites excluding steroid dienone is 8. The van der Waals surface area contributed by atoms with Crippen LogP contribution in [0.25, 0.3) is 0 Å². The second-order valence-corrected chi connectivity index (χ2v) is 13.1. The Hall–Kier alpha value is -2.74. The molecule has 7 nitrogen and oxygen atoms in total. The predicted molar refractivity (Wildman–Crippen MR) is 208 cm³/mol. The zero-order valence-electron chi connectivity index (χ0n) is 31.6. The molecule has 0 aliphatic heterocycles. The first-order valence-electron chi connectivity index (χ1n) is 19.7. The number of hydrogen-bond acceptors (Lipinski definition) is 7. The Kier molecular flexibility index (Phi) is 35.5. The molecule has 50 heavy (non-hydrogen) atoms. The molecule has 0 unspecified atom stereocenters. The SMILES string of the molecule is CC/C=C\C[C@@H](O)/C=C/C=C\C/C=C\C=C\[C@@H](O)/C=C\CCCC(=O)OC[C@@H](O)COC(=O)CCCCCCCCCCCCCCCCC. The molecule has 0 rings (SSSR count). The van der Waals surface area contributed by atoms with E-state index >= 15 is 0 Å². The molecule has 0 bridgehead atoms. The Morgan fingerprint density at radius 3 is 1.58 bits per heavy atom. The third kappa shape index (κ3) is 36.5. The van der Waals surface area contributed by atoms with Crippen LogP contribution in [0.2, 0.25) is 0 Å². The van der Waals surface area contributed by atoms with Crippen molar-refractivity contribution in [3.8, 4) is 0 Å². The Labute approximate surface area is 305 Å². The molecule has 0 amide bonds. The molecule has 3 N–H and O–H groups in total. The van der Waals surface area contributed by atoms with Gasteiger partial charge in [-0.15, -0.1) is 0 Å². The number of carbonyl (C=O) groups excluding carboxylic acids is 2. The van der Waals surface area contributed by atoms with Crippen molar-refractivity contribution in [3.05, 3.63) is 72.9 Å². The van der Waals surface area contributed by atoms with Gasteiger partial charge < -0.3 is 24.8 Å². The molecule has 0 spiro atoms. The Morgan fingerprint density at radius 2 is 1.04 bits per heavy atom. The maximum absolute atomic E-state index is 12.0. The summed E-state index contributed by atoms with van der Waals surface area (Å²) in [5, 5.41) is 29.8. The number of ether oxygens (including phenoxy) is 2. The molecule has 0 radical (unpaired) electrons. The van der Waals surface area contributed by atoms with Gasteiger partial charge >= 0.3 is 11.9 Å². The summed E-state index contributed by atoms with van der Waals surface area (Å²) in [5.41, 5.74) is 0. The molecule has 7 heteroatoms. The first-order chi connectivity index (χ1) is 24.4. The Bertz CT molecular complexity index is 962. The van der Waals surface area contributed by atoms with E-state index in [0.717, 1.165) is 32.1 Å². The van der Waals surface area contributed by atoms with E-state index in [2.05, 4.69) is 13.8 Å². The van der Waals surface area contributed by atoms with Gasteiger partial charge in [-0.1, -0.05) is 177 Å². The van der Waals surface area contributed by atoms with Crippen LogP contribution in [0, 0.1) is 0 Å². The van der Waals surface area contributed by atoms with Gasteiger partial charge in [0.1, 0.15) is 19.3 Å². The third-order valence-electron chi connectivity index (χ3n) is 8.13. The number of rotatable bonds is 34. The lowest BCUT2D eigenvalue weighted by Crippen LogP contribution is -2.25. The molecule has 0 heterocycles. The zero-order valence-corrected chi connectivity index (χ0v) is 31.6. The first-order valence-corrected chi connectivity index (χ1v) is 19.7. The summed E-state index contributed by atoms with van der Waals surface area (Å²) < 4.78 is 10.2. The molecule has 0 fully saturated rings. The standard InChI is InChI=1S/C43H72O7/c1-3-5-7-8-9-10-11-12-13-14-15-16-20-23-29-35-42(47)49-37-41(46)38-50-43(48)36-30-24-28-34-40(45)33-27-22-19-17-18-21-26-32-39(44)31-25-6-4-2/h6,18-19,21-22,25-28,32-34,39-41,44-46H,3-5,7-17,20,23-24,29-31,35-38H2,1-2H3/b21-18-,22-19-,25-6-,32-26+,33-27+,34-28-/t39-,40-,41+/m1/s1. The fourth-order valence-corrected chi connectivity index (χ4v) is 5.12. The van der Waals surface area contributed by atoms with Crippen LogP contribution in [0.3, 0.4) is 0 Å². The van der Waals surface area contributed by atoms with Crippen molar-refractivity contribution in [2.45, 2.75) is 173 Å². The Balaban J connectivity index is 3.72. The lowest BCUT2D eigenvalue weighted by molar-refractivity contribution is -0.152. The number of aliphatic hydroxyl groups excluding tert-OH is 3. The average Bonchev–Trinajstić information content (AvgIpc) is 3.10. The van der Waals surface area contributed by atoms with Crippen molar-refractivity contribution in [2.75, 3.05) is 13.2 Å².